The molecule has 1 aromatic carbocycles. The van der Waals surface area contributed by atoms with Crippen LogP contribution in [0.2, 0.25) is 0 Å². The van der Waals surface area contributed by atoms with E-state index >= 15 is 0 Å². The Balaban J connectivity index is 2.18. The molecule has 0 spiro atoms. The number of aromatic nitrogens is 3. The lowest BCUT2D eigenvalue weighted by Crippen LogP contribution is -2.09. The first kappa shape index (κ1) is 14.4. The van der Waals surface area contributed by atoms with Crippen LogP contribution in [0.4, 0.5) is 13.2 Å². The van der Waals surface area contributed by atoms with E-state index in [1.165, 1.54) is 12.4 Å². The van der Waals surface area contributed by atoms with Gasteiger partial charge in [-0.1, -0.05) is 0 Å². The summed E-state index contributed by atoms with van der Waals surface area (Å²) < 4.78 is 44.7. The Kier molecular flexibility index (Phi) is 3.48. The van der Waals surface area contributed by atoms with Gasteiger partial charge >= 0.3 is 6.18 Å². The van der Waals surface area contributed by atoms with Crippen LogP contribution in [-0.4, -0.2) is 21.6 Å². The molecule has 7 heteroatoms. The van der Waals surface area contributed by atoms with Crippen molar-refractivity contribution >= 4 is 11.0 Å². The second-order valence-corrected chi connectivity index (χ2v) is 4.60. The Labute approximate surface area is 124 Å². The lowest BCUT2D eigenvalue weighted by Gasteiger charge is -2.14. The van der Waals surface area contributed by atoms with Gasteiger partial charge in [0.15, 0.2) is 0 Å². The molecule has 2 aromatic heterocycles. The normalized spacial score (nSPS) is 11.8. The maximum Gasteiger partial charge on any atom is 0.419 e. The molecule has 3 rings (SSSR count). The number of halogens is 3. The summed E-state index contributed by atoms with van der Waals surface area (Å²) >= 11 is 0. The number of nitrogens with one attached hydrogen (secondary N) is 1. The van der Waals surface area contributed by atoms with Crippen molar-refractivity contribution in [3.63, 3.8) is 0 Å². The van der Waals surface area contributed by atoms with Gasteiger partial charge in [-0.25, -0.2) is 9.97 Å². The zero-order valence-electron chi connectivity index (χ0n) is 11.6. The van der Waals surface area contributed by atoms with Crippen molar-refractivity contribution in [1.29, 1.82) is 0 Å². The highest BCUT2D eigenvalue weighted by Crippen LogP contribution is 2.39. The third kappa shape index (κ3) is 2.49. The van der Waals surface area contributed by atoms with Crippen molar-refractivity contribution in [3.05, 3.63) is 42.4 Å². The molecule has 0 aliphatic carbocycles. The van der Waals surface area contributed by atoms with Gasteiger partial charge in [0.25, 0.3) is 0 Å². The molecule has 2 heterocycles. The van der Waals surface area contributed by atoms with Gasteiger partial charge in [0, 0.05) is 17.1 Å². The summed E-state index contributed by atoms with van der Waals surface area (Å²) in [6, 6.07) is 5.67. The van der Waals surface area contributed by atoms with Crippen molar-refractivity contribution in [1.82, 2.24) is 15.0 Å². The topological polar surface area (TPSA) is 50.8 Å². The zero-order chi connectivity index (χ0) is 15.7. The Hall–Kier alpha value is -2.57. The predicted molar refractivity (Wildman–Crippen MR) is 75.5 cm³/mol. The van der Waals surface area contributed by atoms with Crippen LogP contribution < -0.4 is 4.74 Å². The Morgan fingerprint density at radius 2 is 2.00 bits per heavy atom. The first-order chi connectivity index (χ1) is 10.5. The summed E-state index contributed by atoms with van der Waals surface area (Å²) in [6.45, 7) is 1.81. The summed E-state index contributed by atoms with van der Waals surface area (Å²) in [4.78, 5) is 11.0. The Morgan fingerprint density at radius 1 is 1.18 bits per heavy atom. The largest absolute Gasteiger partial charge is 0.493 e. The van der Waals surface area contributed by atoms with E-state index in [0.29, 0.717) is 22.3 Å². The van der Waals surface area contributed by atoms with Crippen molar-refractivity contribution in [2.45, 2.75) is 13.1 Å². The zero-order valence-corrected chi connectivity index (χ0v) is 11.6. The van der Waals surface area contributed by atoms with Gasteiger partial charge in [0.2, 0.25) is 0 Å². The van der Waals surface area contributed by atoms with Gasteiger partial charge in [-0.15, -0.1) is 0 Å². The standard InChI is InChI=1S/C15H12F3N3O/c1-2-22-12-4-3-9(7-11(12)15(16,17)18)13-10-5-6-19-14(10)21-8-20-13/h3-8H,2H2,1H3,(H,19,20,21). The molecule has 114 valence electrons. The monoisotopic (exact) mass is 307 g/mol. The van der Waals surface area contributed by atoms with E-state index in [2.05, 4.69) is 15.0 Å². The van der Waals surface area contributed by atoms with E-state index in [4.69, 9.17) is 4.74 Å². The first-order valence-corrected chi connectivity index (χ1v) is 6.63. The quantitative estimate of drug-likeness (QED) is 0.794. The molecule has 0 unspecified atom stereocenters. The van der Waals surface area contributed by atoms with Crippen LogP contribution in [0.15, 0.2) is 36.8 Å². The molecule has 0 aliphatic rings. The van der Waals surface area contributed by atoms with Crippen LogP contribution in [0.1, 0.15) is 12.5 Å². The molecule has 0 radical (unpaired) electrons. The molecular formula is C15H12F3N3O. The molecule has 4 nitrogen and oxygen atoms in total. The van der Waals surface area contributed by atoms with Gasteiger partial charge < -0.3 is 9.72 Å². The van der Waals surface area contributed by atoms with Crippen LogP contribution in [0.5, 0.6) is 5.75 Å². The highest BCUT2D eigenvalue weighted by molar-refractivity contribution is 5.90. The fraction of sp³-hybridized carbons (Fsp3) is 0.200. The number of aromatic amines is 1. The molecule has 0 bridgehead atoms. The summed E-state index contributed by atoms with van der Waals surface area (Å²) in [5, 5.41) is 0.666. The van der Waals surface area contributed by atoms with Crippen LogP contribution >= 0.6 is 0 Å². The molecule has 3 aromatic rings. The van der Waals surface area contributed by atoms with E-state index in [9.17, 15) is 13.2 Å². The highest BCUT2D eigenvalue weighted by Gasteiger charge is 2.35. The summed E-state index contributed by atoms with van der Waals surface area (Å²) in [7, 11) is 0. The van der Waals surface area contributed by atoms with Crippen molar-refractivity contribution in [2.75, 3.05) is 6.61 Å². The van der Waals surface area contributed by atoms with Crippen LogP contribution in [0.25, 0.3) is 22.3 Å². The second-order valence-electron chi connectivity index (χ2n) is 4.60. The SMILES string of the molecule is CCOc1ccc(-c2ncnc3[nH]ccc23)cc1C(F)(F)F. The minimum atomic E-state index is -4.50. The van der Waals surface area contributed by atoms with E-state index in [1.54, 1.807) is 25.3 Å². The van der Waals surface area contributed by atoms with Crippen LogP contribution in [0, 0.1) is 0 Å². The lowest BCUT2D eigenvalue weighted by molar-refractivity contribution is -0.138. The highest BCUT2D eigenvalue weighted by atomic mass is 19.4. The molecule has 0 fully saturated rings. The molecule has 0 aliphatic heterocycles. The number of ether oxygens (including phenoxy) is 1. The fourth-order valence-electron chi connectivity index (χ4n) is 2.28. The number of benzene rings is 1. The minimum absolute atomic E-state index is 0.165. The molecular weight excluding hydrogens is 295 g/mol. The van der Waals surface area contributed by atoms with Gasteiger partial charge in [-0.3, -0.25) is 0 Å². The molecule has 0 amide bonds. The van der Waals surface area contributed by atoms with Crippen molar-refractivity contribution in [3.8, 4) is 17.0 Å². The van der Waals surface area contributed by atoms with E-state index in [-0.39, 0.29) is 12.4 Å². The second kappa shape index (κ2) is 5.32. The number of H-pyrrole nitrogens is 1. The maximum absolute atomic E-state index is 13.2. The Bertz CT molecular complexity index is 811. The minimum Gasteiger partial charge on any atom is -0.493 e. The van der Waals surface area contributed by atoms with Crippen LogP contribution in [0.3, 0.4) is 0 Å². The van der Waals surface area contributed by atoms with Gasteiger partial charge in [-0.2, -0.15) is 13.2 Å². The van der Waals surface area contributed by atoms with Crippen molar-refractivity contribution < 1.29 is 17.9 Å². The number of fused-ring (bicyclic) bond motifs is 1. The molecule has 0 atom stereocenters. The van der Waals surface area contributed by atoms with E-state index < -0.39 is 11.7 Å². The summed E-state index contributed by atoms with van der Waals surface area (Å²) in [5.74, 6) is -0.182. The number of alkyl halides is 3. The predicted octanol–water partition coefficient (Wildman–Crippen LogP) is 4.04. The number of hydrogen-bond donors (Lipinski definition) is 1. The van der Waals surface area contributed by atoms with E-state index in [0.717, 1.165) is 6.07 Å². The third-order valence-electron chi connectivity index (χ3n) is 3.21. The smallest absolute Gasteiger partial charge is 0.419 e. The average Bonchev–Trinajstić information content (AvgIpc) is 2.95. The average molecular weight is 307 g/mol. The lowest BCUT2D eigenvalue weighted by atomic mass is 10.0. The molecule has 1 N–H and O–H groups in total. The fourth-order valence-corrected chi connectivity index (χ4v) is 2.28. The number of hydrogen-bond acceptors (Lipinski definition) is 3. The third-order valence-corrected chi connectivity index (χ3v) is 3.21. The number of rotatable bonds is 3. The van der Waals surface area contributed by atoms with Crippen LogP contribution in [-0.2, 0) is 6.18 Å². The molecule has 0 saturated carbocycles. The summed E-state index contributed by atoms with van der Waals surface area (Å²) in [6.07, 6.45) is -1.51. The first-order valence-electron chi connectivity index (χ1n) is 6.63. The number of nitrogens with zero attached hydrogens (tertiary/aromatic N) is 2. The maximum atomic E-state index is 13.2. The van der Waals surface area contributed by atoms with Gasteiger partial charge in [0.1, 0.15) is 17.7 Å². The molecule has 0 saturated heterocycles. The van der Waals surface area contributed by atoms with Gasteiger partial charge in [0.05, 0.1) is 17.9 Å². The molecule has 22 heavy (non-hydrogen) atoms. The van der Waals surface area contributed by atoms with Crippen molar-refractivity contribution in [2.24, 2.45) is 0 Å². The van der Waals surface area contributed by atoms with Gasteiger partial charge in [-0.05, 0) is 31.2 Å². The Morgan fingerprint density at radius 3 is 2.73 bits per heavy atom. The summed E-state index contributed by atoms with van der Waals surface area (Å²) in [5.41, 5.74) is 0.573. The van der Waals surface area contributed by atoms with E-state index in [1.807, 2.05) is 0 Å².